The van der Waals surface area contributed by atoms with Crippen LogP contribution in [0.15, 0.2) is 60.8 Å². The van der Waals surface area contributed by atoms with Crippen molar-refractivity contribution in [2.45, 2.75) is 13.3 Å². The van der Waals surface area contributed by atoms with Crippen molar-refractivity contribution in [1.29, 1.82) is 0 Å². The number of morpholine rings is 1. The van der Waals surface area contributed by atoms with Gasteiger partial charge in [-0.2, -0.15) is 0 Å². The van der Waals surface area contributed by atoms with Gasteiger partial charge in [-0.1, -0.05) is 18.2 Å². The Balaban J connectivity index is 1.49. The predicted molar refractivity (Wildman–Crippen MR) is 113 cm³/mol. The van der Waals surface area contributed by atoms with E-state index in [0.717, 1.165) is 17.0 Å². The van der Waals surface area contributed by atoms with Crippen molar-refractivity contribution in [3.63, 3.8) is 0 Å². The number of amides is 1. The molecule has 0 aliphatic carbocycles. The second-order valence-electron chi connectivity index (χ2n) is 7.28. The lowest BCUT2D eigenvalue weighted by molar-refractivity contribution is 0.0303. The van der Waals surface area contributed by atoms with E-state index in [0.29, 0.717) is 43.1 Å². The number of ketones is 1. The number of rotatable bonds is 5. The zero-order chi connectivity index (χ0) is 20.9. The molecule has 1 aromatic carbocycles. The molecule has 3 heterocycles. The second-order valence-corrected chi connectivity index (χ2v) is 7.28. The van der Waals surface area contributed by atoms with Crippen LogP contribution in [0.2, 0.25) is 0 Å². The highest BCUT2D eigenvalue weighted by Crippen LogP contribution is 2.20. The van der Waals surface area contributed by atoms with Crippen molar-refractivity contribution in [1.82, 2.24) is 14.9 Å². The number of hydrogen-bond donors (Lipinski definition) is 0. The summed E-state index contributed by atoms with van der Waals surface area (Å²) in [5.41, 5.74) is 4.43. The van der Waals surface area contributed by atoms with Gasteiger partial charge in [0.05, 0.1) is 25.3 Å². The van der Waals surface area contributed by atoms with E-state index >= 15 is 0 Å². The fourth-order valence-electron chi connectivity index (χ4n) is 3.46. The summed E-state index contributed by atoms with van der Waals surface area (Å²) < 4.78 is 5.30. The predicted octanol–water partition coefficient (Wildman–Crippen LogP) is 3.35. The summed E-state index contributed by atoms with van der Waals surface area (Å²) in [5, 5.41) is 0. The quantitative estimate of drug-likeness (QED) is 0.613. The number of hydrogen-bond acceptors (Lipinski definition) is 5. The molecule has 1 fully saturated rings. The number of Topliss-reactive ketones (excluding diaryl/α,β-unsaturated/α-hetero) is 1. The minimum Gasteiger partial charge on any atom is -0.378 e. The van der Waals surface area contributed by atoms with E-state index in [2.05, 4.69) is 9.97 Å². The van der Waals surface area contributed by atoms with Crippen LogP contribution in [-0.2, 0) is 11.2 Å². The lowest BCUT2D eigenvalue weighted by Gasteiger charge is -2.26. The van der Waals surface area contributed by atoms with Crippen LogP contribution >= 0.6 is 0 Å². The standard InChI is InChI=1S/C24H23N3O3/c1-17-3-2-4-21(26-17)16-23(28)20-9-10-25-22(15-20)18-5-7-19(8-6-18)24(29)27-11-13-30-14-12-27/h2-10,15H,11-14,16H2,1H3. The number of carbonyl (C=O) groups excluding carboxylic acids is 2. The Bertz CT molecular complexity index is 1060. The molecule has 152 valence electrons. The van der Waals surface area contributed by atoms with Gasteiger partial charge in [0.15, 0.2) is 5.78 Å². The molecule has 0 atom stereocenters. The molecule has 2 aromatic heterocycles. The van der Waals surface area contributed by atoms with Gasteiger partial charge in [-0.05, 0) is 43.3 Å². The Morgan fingerprint density at radius 3 is 2.50 bits per heavy atom. The van der Waals surface area contributed by atoms with E-state index in [1.807, 2.05) is 37.3 Å². The van der Waals surface area contributed by atoms with Crippen molar-refractivity contribution in [2.24, 2.45) is 0 Å². The monoisotopic (exact) mass is 401 g/mol. The minimum absolute atomic E-state index is 0.00383. The first-order chi connectivity index (χ1) is 14.6. The number of nitrogens with zero attached hydrogens (tertiary/aromatic N) is 3. The zero-order valence-electron chi connectivity index (χ0n) is 16.9. The highest BCUT2D eigenvalue weighted by molar-refractivity contribution is 5.98. The van der Waals surface area contributed by atoms with Gasteiger partial charge in [-0.15, -0.1) is 0 Å². The van der Waals surface area contributed by atoms with E-state index in [4.69, 9.17) is 4.74 Å². The summed E-state index contributed by atoms with van der Waals surface area (Å²) in [6.07, 6.45) is 1.89. The normalized spacial score (nSPS) is 13.8. The van der Waals surface area contributed by atoms with E-state index in [-0.39, 0.29) is 18.1 Å². The third kappa shape index (κ3) is 4.60. The van der Waals surface area contributed by atoms with Gasteiger partial charge in [-0.25, -0.2) is 0 Å². The summed E-state index contributed by atoms with van der Waals surface area (Å²) in [7, 11) is 0. The summed E-state index contributed by atoms with van der Waals surface area (Å²) in [6, 6.07) is 16.5. The van der Waals surface area contributed by atoms with E-state index in [1.165, 1.54) is 0 Å². The fraction of sp³-hybridized carbons (Fsp3) is 0.250. The smallest absolute Gasteiger partial charge is 0.254 e. The fourth-order valence-corrected chi connectivity index (χ4v) is 3.46. The molecular formula is C24H23N3O3. The third-order valence-corrected chi connectivity index (χ3v) is 5.10. The first kappa shape index (κ1) is 19.9. The van der Waals surface area contributed by atoms with E-state index in [1.54, 1.807) is 35.4 Å². The maximum absolute atomic E-state index is 12.7. The van der Waals surface area contributed by atoms with Gasteiger partial charge in [0.25, 0.3) is 5.91 Å². The number of ether oxygens (including phenoxy) is 1. The SMILES string of the molecule is Cc1cccc(CC(=O)c2ccnc(-c3ccc(C(=O)N4CCOCC4)cc3)c2)n1. The Morgan fingerprint density at radius 1 is 1.00 bits per heavy atom. The lowest BCUT2D eigenvalue weighted by atomic mass is 10.0. The van der Waals surface area contributed by atoms with Crippen LogP contribution in [0.4, 0.5) is 0 Å². The van der Waals surface area contributed by atoms with Crippen molar-refractivity contribution < 1.29 is 14.3 Å². The maximum Gasteiger partial charge on any atom is 0.254 e. The summed E-state index contributed by atoms with van der Waals surface area (Å²) in [5.74, 6) is 0.00302. The number of aryl methyl sites for hydroxylation is 1. The second kappa shape index (κ2) is 8.97. The van der Waals surface area contributed by atoms with E-state index < -0.39 is 0 Å². The molecule has 1 amide bonds. The zero-order valence-corrected chi connectivity index (χ0v) is 16.9. The van der Waals surface area contributed by atoms with Crippen LogP contribution in [-0.4, -0.2) is 52.9 Å². The summed E-state index contributed by atoms with van der Waals surface area (Å²) in [6.45, 7) is 4.29. The first-order valence-corrected chi connectivity index (χ1v) is 9.99. The molecule has 30 heavy (non-hydrogen) atoms. The van der Waals surface area contributed by atoms with Gasteiger partial charge in [-0.3, -0.25) is 19.6 Å². The number of benzene rings is 1. The highest BCUT2D eigenvalue weighted by atomic mass is 16.5. The first-order valence-electron chi connectivity index (χ1n) is 9.99. The summed E-state index contributed by atoms with van der Waals surface area (Å²) >= 11 is 0. The minimum atomic E-state index is -0.00383. The Morgan fingerprint density at radius 2 is 1.77 bits per heavy atom. The average Bonchev–Trinajstić information content (AvgIpc) is 2.79. The molecule has 1 saturated heterocycles. The molecule has 0 radical (unpaired) electrons. The third-order valence-electron chi connectivity index (χ3n) is 5.10. The molecule has 0 unspecified atom stereocenters. The van der Waals surface area contributed by atoms with Crippen molar-refractivity contribution >= 4 is 11.7 Å². The summed E-state index contributed by atoms with van der Waals surface area (Å²) in [4.78, 5) is 35.9. The molecule has 0 saturated carbocycles. The lowest BCUT2D eigenvalue weighted by Crippen LogP contribution is -2.40. The van der Waals surface area contributed by atoms with Gasteiger partial charge in [0.1, 0.15) is 0 Å². The Hall–Kier alpha value is -3.38. The number of pyridine rings is 2. The molecule has 4 rings (SSSR count). The molecule has 6 nitrogen and oxygen atoms in total. The average molecular weight is 401 g/mol. The van der Waals surface area contributed by atoms with Crippen molar-refractivity contribution in [3.05, 3.63) is 83.3 Å². The molecule has 1 aliphatic rings. The van der Waals surface area contributed by atoms with Crippen LogP contribution in [0.25, 0.3) is 11.3 Å². The van der Waals surface area contributed by atoms with Crippen LogP contribution in [0.1, 0.15) is 32.1 Å². The molecule has 0 bridgehead atoms. The van der Waals surface area contributed by atoms with Crippen LogP contribution in [0.5, 0.6) is 0 Å². The van der Waals surface area contributed by atoms with Gasteiger partial charge in [0, 0.05) is 47.4 Å². The van der Waals surface area contributed by atoms with Crippen molar-refractivity contribution in [2.75, 3.05) is 26.3 Å². The number of carbonyl (C=O) groups is 2. The van der Waals surface area contributed by atoms with Crippen LogP contribution < -0.4 is 0 Å². The molecular weight excluding hydrogens is 378 g/mol. The Kier molecular flexibility index (Phi) is 5.95. The van der Waals surface area contributed by atoms with E-state index in [9.17, 15) is 9.59 Å². The molecule has 3 aromatic rings. The largest absolute Gasteiger partial charge is 0.378 e. The van der Waals surface area contributed by atoms with Crippen LogP contribution in [0.3, 0.4) is 0 Å². The Labute approximate surface area is 175 Å². The molecule has 0 spiro atoms. The van der Waals surface area contributed by atoms with Gasteiger partial charge in [0.2, 0.25) is 0 Å². The topological polar surface area (TPSA) is 72.4 Å². The maximum atomic E-state index is 12.7. The molecule has 0 N–H and O–H groups in total. The molecule has 1 aliphatic heterocycles. The molecule has 6 heteroatoms. The van der Waals surface area contributed by atoms with Gasteiger partial charge < -0.3 is 9.64 Å². The van der Waals surface area contributed by atoms with Crippen molar-refractivity contribution in [3.8, 4) is 11.3 Å². The number of aromatic nitrogens is 2. The van der Waals surface area contributed by atoms with Gasteiger partial charge >= 0.3 is 0 Å². The van der Waals surface area contributed by atoms with Crippen LogP contribution in [0, 0.1) is 6.92 Å². The highest BCUT2D eigenvalue weighted by Gasteiger charge is 2.18.